The first-order chi connectivity index (χ1) is 12.0. The number of nitrogens with zero attached hydrogens (tertiary/aromatic N) is 1. The first kappa shape index (κ1) is 18.8. The van der Waals surface area contributed by atoms with E-state index in [-0.39, 0.29) is 31.3 Å². The second kappa shape index (κ2) is 8.50. The number of rotatable bonds is 8. The van der Waals surface area contributed by atoms with Gasteiger partial charge in [-0.2, -0.15) is 0 Å². The molecule has 2 N–H and O–H groups in total. The van der Waals surface area contributed by atoms with Gasteiger partial charge in [0, 0.05) is 19.5 Å². The Bertz CT molecular complexity index is 646. The van der Waals surface area contributed by atoms with Crippen molar-refractivity contribution in [2.75, 3.05) is 25.1 Å². The summed E-state index contributed by atoms with van der Waals surface area (Å²) in [6.07, 6.45) is 1.35. The van der Waals surface area contributed by atoms with Gasteiger partial charge in [-0.15, -0.1) is 0 Å². The fourth-order valence-electron chi connectivity index (χ4n) is 3.00. The average molecular weight is 348 g/mol. The zero-order valence-corrected chi connectivity index (χ0v) is 14.5. The van der Waals surface area contributed by atoms with E-state index in [1.54, 1.807) is 23.1 Å². The number of ether oxygens (including phenoxy) is 1. The smallest absolute Gasteiger partial charge is 0.308 e. The number of para-hydroxylation sites is 2. The molecule has 7 heteroatoms. The number of carbonyl (C=O) groups excluding carboxylic acids is 2. The summed E-state index contributed by atoms with van der Waals surface area (Å²) in [5.41, 5.74) is 0.639. The Morgan fingerprint density at radius 2 is 2.12 bits per heavy atom. The lowest BCUT2D eigenvalue weighted by molar-refractivity contribution is -0.142. The molecule has 7 nitrogen and oxygen atoms in total. The number of carbonyl (C=O) groups is 3. The van der Waals surface area contributed by atoms with Crippen LogP contribution in [-0.2, 0) is 14.4 Å². The Hall–Kier alpha value is -2.57. The van der Waals surface area contributed by atoms with Crippen LogP contribution in [0.4, 0.5) is 5.69 Å². The maximum Gasteiger partial charge on any atom is 0.308 e. The molecule has 0 spiro atoms. The number of methoxy groups -OCH3 is 1. The van der Waals surface area contributed by atoms with Gasteiger partial charge in [-0.3, -0.25) is 14.4 Å². The second-order valence-corrected chi connectivity index (χ2v) is 6.15. The summed E-state index contributed by atoms with van der Waals surface area (Å²) in [5, 5.41) is 11.8. The summed E-state index contributed by atoms with van der Waals surface area (Å²) in [4.78, 5) is 37.3. The van der Waals surface area contributed by atoms with Crippen LogP contribution in [0.2, 0.25) is 0 Å². The highest BCUT2D eigenvalue weighted by Gasteiger charge is 2.36. The van der Waals surface area contributed by atoms with E-state index in [0.29, 0.717) is 17.9 Å². The van der Waals surface area contributed by atoms with Gasteiger partial charge in [-0.05, 0) is 18.6 Å². The van der Waals surface area contributed by atoms with Crippen molar-refractivity contribution in [1.82, 2.24) is 5.32 Å². The number of amides is 2. The molecule has 2 amide bonds. The van der Waals surface area contributed by atoms with Crippen LogP contribution >= 0.6 is 0 Å². The molecule has 1 aromatic carbocycles. The molecule has 0 aliphatic carbocycles. The monoisotopic (exact) mass is 348 g/mol. The van der Waals surface area contributed by atoms with Crippen molar-refractivity contribution < 1.29 is 24.2 Å². The van der Waals surface area contributed by atoms with Crippen LogP contribution in [0.5, 0.6) is 5.75 Å². The van der Waals surface area contributed by atoms with Gasteiger partial charge < -0.3 is 20.1 Å². The largest absolute Gasteiger partial charge is 0.495 e. The molecule has 2 rings (SSSR count). The number of benzene rings is 1. The first-order valence-corrected chi connectivity index (χ1v) is 8.41. The van der Waals surface area contributed by atoms with Crippen molar-refractivity contribution in [2.45, 2.75) is 26.2 Å². The molecule has 1 fully saturated rings. The quantitative estimate of drug-likeness (QED) is 0.745. The average Bonchev–Trinajstić information content (AvgIpc) is 2.99. The maximum absolute atomic E-state index is 12.3. The van der Waals surface area contributed by atoms with E-state index in [0.717, 1.165) is 6.42 Å². The van der Waals surface area contributed by atoms with Gasteiger partial charge in [0.15, 0.2) is 0 Å². The van der Waals surface area contributed by atoms with Crippen LogP contribution in [0.1, 0.15) is 26.2 Å². The molecule has 0 radical (unpaired) electrons. The molecule has 1 aliphatic rings. The molecule has 1 saturated heterocycles. The third kappa shape index (κ3) is 4.49. The Balaban J connectivity index is 1.99. The minimum Gasteiger partial charge on any atom is -0.495 e. The van der Waals surface area contributed by atoms with Crippen LogP contribution in [0.3, 0.4) is 0 Å². The van der Waals surface area contributed by atoms with E-state index >= 15 is 0 Å². The molecule has 2 atom stereocenters. The lowest BCUT2D eigenvalue weighted by Crippen LogP contribution is -2.37. The lowest BCUT2D eigenvalue weighted by Gasteiger charge is -2.19. The SMILES string of the molecule is CCCC(CNC(=O)C1CC(=O)N(c2ccccc2OC)C1)C(=O)O. The van der Waals surface area contributed by atoms with Gasteiger partial charge in [0.1, 0.15) is 5.75 Å². The van der Waals surface area contributed by atoms with Gasteiger partial charge in [0.25, 0.3) is 0 Å². The van der Waals surface area contributed by atoms with Crippen LogP contribution < -0.4 is 15.0 Å². The summed E-state index contributed by atoms with van der Waals surface area (Å²) in [6.45, 7) is 2.25. The van der Waals surface area contributed by atoms with E-state index in [2.05, 4.69) is 5.32 Å². The Morgan fingerprint density at radius 3 is 2.76 bits per heavy atom. The van der Waals surface area contributed by atoms with Gasteiger partial charge >= 0.3 is 5.97 Å². The third-order valence-corrected chi connectivity index (χ3v) is 4.38. The summed E-state index contributed by atoms with van der Waals surface area (Å²) in [7, 11) is 1.53. The lowest BCUT2D eigenvalue weighted by atomic mass is 10.0. The first-order valence-electron chi connectivity index (χ1n) is 8.41. The molecular formula is C18H24N2O5. The predicted molar refractivity (Wildman–Crippen MR) is 92.5 cm³/mol. The van der Waals surface area contributed by atoms with Crippen molar-refractivity contribution in [3.8, 4) is 5.75 Å². The van der Waals surface area contributed by atoms with Crippen molar-refractivity contribution in [2.24, 2.45) is 11.8 Å². The maximum atomic E-state index is 12.3. The van der Waals surface area contributed by atoms with E-state index in [9.17, 15) is 14.4 Å². The third-order valence-electron chi connectivity index (χ3n) is 4.38. The molecule has 0 saturated carbocycles. The van der Waals surface area contributed by atoms with E-state index in [4.69, 9.17) is 9.84 Å². The molecular weight excluding hydrogens is 324 g/mol. The number of hydrogen-bond donors (Lipinski definition) is 2. The summed E-state index contributed by atoms with van der Waals surface area (Å²) in [6, 6.07) is 7.16. The number of nitrogens with one attached hydrogen (secondary N) is 1. The second-order valence-electron chi connectivity index (χ2n) is 6.15. The predicted octanol–water partition coefficient (Wildman–Crippen LogP) is 1.67. The molecule has 136 valence electrons. The minimum atomic E-state index is -0.916. The van der Waals surface area contributed by atoms with Crippen molar-refractivity contribution in [1.29, 1.82) is 0 Å². The number of aliphatic carboxylic acids is 1. The van der Waals surface area contributed by atoms with E-state index < -0.39 is 17.8 Å². The van der Waals surface area contributed by atoms with Crippen LogP contribution in [0, 0.1) is 11.8 Å². The number of carboxylic acid groups (broad SMARTS) is 1. The zero-order chi connectivity index (χ0) is 18.4. The molecule has 0 aromatic heterocycles. The highest BCUT2D eigenvalue weighted by Crippen LogP contribution is 2.32. The highest BCUT2D eigenvalue weighted by atomic mass is 16.5. The van der Waals surface area contributed by atoms with Gasteiger partial charge in [0.05, 0.1) is 24.6 Å². The van der Waals surface area contributed by atoms with Crippen LogP contribution in [0.25, 0.3) is 0 Å². The van der Waals surface area contributed by atoms with Gasteiger partial charge in [0.2, 0.25) is 11.8 Å². The summed E-state index contributed by atoms with van der Waals surface area (Å²) >= 11 is 0. The van der Waals surface area contributed by atoms with E-state index in [1.807, 2.05) is 13.0 Å². The standard InChI is InChI=1S/C18H24N2O5/c1-3-6-12(18(23)24)10-19-17(22)13-9-16(21)20(11-13)14-7-4-5-8-15(14)25-2/h4-5,7-8,12-13H,3,6,9-11H2,1-2H3,(H,19,22)(H,23,24). The molecule has 25 heavy (non-hydrogen) atoms. The van der Waals surface area contributed by atoms with Crippen LogP contribution in [-0.4, -0.2) is 43.1 Å². The minimum absolute atomic E-state index is 0.0847. The number of hydrogen-bond acceptors (Lipinski definition) is 4. The van der Waals surface area contributed by atoms with Crippen molar-refractivity contribution >= 4 is 23.5 Å². The fourth-order valence-corrected chi connectivity index (χ4v) is 3.00. The topological polar surface area (TPSA) is 95.9 Å². The highest BCUT2D eigenvalue weighted by molar-refractivity contribution is 6.01. The molecule has 1 heterocycles. The normalized spacial score (nSPS) is 18.1. The molecule has 0 bridgehead atoms. The van der Waals surface area contributed by atoms with Crippen LogP contribution in [0.15, 0.2) is 24.3 Å². The fraction of sp³-hybridized carbons (Fsp3) is 0.500. The molecule has 1 aromatic rings. The Kier molecular flexibility index (Phi) is 6.38. The number of anilines is 1. The van der Waals surface area contributed by atoms with Crippen molar-refractivity contribution in [3.05, 3.63) is 24.3 Å². The van der Waals surface area contributed by atoms with Crippen molar-refractivity contribution in [3.63, 3.8) is 0 Å². The van der Waals surface area contributed by atoms with Gasteiger partial charge in [-0.25, -0.2) is 0 Å². The molecule has 1 aliphatic heterocycles. The van der Waals surface area contributed by atoms with E-state index in [1.165, 1.54) is 7.11 Å². The summed E-state index contributed by atoms with van der Waals surface area (Å²) < 4.78 is 5.27. The zero-order valence-electron chi connectivity index (χ0n) is 14.5. The van der Waals surface area contributed by atoms with Gasteiger partial charge in [-0.1, -0.05) is 25.5 Å². The Labute approximate surface area is 147 Å². The summed E-state index contributed by atoms with van der Waals surface area (Å²) in [5.74, 6) is -1.86. The molecule has 2 unspecified atom stereocenters. The Morgan fingerprint density at radius 1 is 1.40 bits per heavy atom. The number of carboxylic acids is 1.